The van der Waals surface area contributed by atoms with E-state index in [2.05, 4.69) is 45.9 Å². The van der Waals surface area contributed by atoms with Gasteiger partial charge in [0.05, 0.1) is 26.4 Å². The van der Waals surface area contributed by atoms with Gasteiger partial charge in [-0.25, -0.2) is 0 Å². The third kappa shape index (κ3) is 13.3. The SMILES string of the molecule is CCOP(=O)(OCC)C(CC/C=C(\C)CC/C=C(\C)CCC=C(C)C)P(=O)(OCC)OCC. The fourth-order valence-corrected chi connectivity index (χ4v) is 8.84. The van der Waals surface area contributed by atoms with Crippen LogP contribution in [0.3, 0.4) is 0 Å². The molecule has 0 aromatic carbocycles. The minimum absolute atomic E-state index is 0.195. The van der Waals surface area contributed by atoms with Gasteiger partial charge in [0.25, 0.3) is 0 Å². The molecular weight excluding hydrogens is 458 g/mol. The Morgan fingerprint density at radius 1 is 0.636 bits per heavy atom. The lowest BCUT2D eigenvalue weighted by Crippen LogP contribution is -2.17. The quantitative estimate of drug-likeness (QED) is 0.129. The molecule has 0 saturated carbocycles. The van der Waals surface area contributed by atoms with Crippen molar-refractivity contribution in [2.45, 2.75) is 99.3 Å². The summed E-state index contributed by atoms with van der Waals surface area (Å²) < 4.78 is 49.2. The first-order valence-corrected chi connectivity index (χ1v) is 15.5. The van der Waals surface area contributed by atoms with Crippen molar-refractivity contribution in [2.75, 3.05) is 26.4 Å². The summed E-state index contributed by atoms with van der Waals surface area (Å²) in [5.41, 5.74) is 4.01. The minimum Gasteiger partial charge on any atom is -0.308 e. The Morgan fingerprint density at radius 2 is 1.00 bits per heavy atom. The second-order valence-corrected chi connectivity index (χ2v) is 13.1. The van der Waals surface area contributed by atoms with Gasteiger partial charge in [0.1, 0.15) is 0 Å². The molecule has 0 fully saturated rings. The molecule has 0 rings (SSSR count). The van der Waals surface area contributed by atoms with Gasteiger partial charge in [-0.2, -0.15) is 0 Å². The van der Waals surface area contributed by atoms with Crippen molar-refractivity contribution < 1.29 is 27.2 Å². The Labute approximate surface area is 203 Å². The molecule has 0 radical (unpaired) electrons. The first-order valence-electron chi connectivity index (χ1n) is 12.3. The van der Waals surface area contributed by atoms with Crippen LogP contribution in [0.25, 0.3) is 0 Å². The standard InChI is InChI=1S/C25H48O6P2/c1-9-28-32(26,29-10-2)25(33(27,30-11-3)31-12-4)21-15-20-24(8)19-14-18-23(7)17-13-16-22(5)6/h16,18,20,25H,9-15,17,19,21H2,1-8H3/b23-18+,24-20+. The van der Waals surface area contributed by atoms with E-state index in [1.54, 1.807) is 27.7 Å². The molecule has 6 nitrogen and oxygen atoms in total. The predicted molar refractivity (Wildman–Crippen MR) is 140 cm³/mol. The Hall–Kier alpha value is -0.480. The van der Waals surface area contributed by atoms with Crippen LogP contribution in [0.4, 0.5) is 0 Å². The Morgan fingerprint density at radius 3 is 1.36 bits per heavy atom. The number of hydrogen-bond acceptors (Lipinski definition) is 6. The maximum absolute atomic E-state index is 13.6. The lowest BCUT2D eigenvalue weighted by atomic mass is 10.1. The van der Waals surface area contributed by atoms with Gasteiger partial charge in [0, 0.05) is 0 Å². The fraction of sp³-hybridized carbons (Fsp3) is 0.760. The third-order valence-corrected chi connectivity index (χ3v) is 11.2. The van der Waals surface area contributed by atoms with Crippen LogP contribution in [-0.4, -0.2) is 31.8 Å². The molecular formula is C25H48O6P2. The van der Waals surface area contributed by atoms with Crippen LogP contribution in [0.5, 0.6) is 0 Å². The van der Waals surface area contributed by atoms with Crippen molar-refractivity contribution in [1.82, 2.24) is 0 Å². The first-order chi connectivity index (χ1) is 15.6. The zero-order valence-electron chi connectivity index (χ0n) is 22.2. The van der Waals surface area contributed by atoms with E-state index < -0.39 is 20.6 Å². The van der Waals surface area contributed by atoms with Crippen molar-refractivity contribution in [2.24, 2.45) is 0 Å². The summed E-state index contributed by atoms with van der Waals surface area (Å²) in [5, 5.41) is -0.953. The molecule has 0 aliphatic rings. The molecule has 0 unspecified atom stereocenters. The smallest absolute Gasteiger partial charge is 0.308 e. The molecule has 0 atom stereocenters. The van der Waals surface area contributed by atoms with Gasteiger partial charge < -0.3 is 18.1 Å². The molecule has 194 valence electrons. The largest absolute Gasteiger partial charge is 0.345 e. The van der Waals surface area contributed by atoms with E-state index in [1.807, 2.05) is 0 Å². The Bertz CT molecular complexity index is 672. The van der Waals surface area contributed by atoms with Gasteiger partial charge in [0.2, 0.25) is 0 Å². The van der Waals surface area contributed by atoms with E-state index in [1.165, 1.54) is 16.7 Å². The molecule has 0 bridgehead atoms. The zero-order chi connectivity index (χ0) is 25.3. The third-order valence-electron chi connectivity index (χ3n) is 5.01. The van der Waals surface area contributed by atoms with Crippen LogP contribution < -0.4 is 0 Å². The number of hydrogen-bond donors (Lipinski definition) is 0. The lowest BCUT2D eigenvalue weighted by molar-refractivity contribution is 0.194. The average molecular weight is 507 g/mol. The highest BCUT2D eigenvalue weighted by atomic mass is 31.2. The summed E-state index contributed by atoms with van der Waals surface area (Å²) >= 11 is 0. The summed E-state index contributed by atoms with van der Waals surface area (Å²) in [5.74, 6) is 0. The van der Waals surface area contributed by atoms with Crippen LogP contribution in [-0.2, 0) is 27.2 Å². The molecule has 0 N–H and O–H groups in total. The molecule has 0 spiro atoms. The Balaban J connectivity index is 5.27. The molecule has 0 amide bonds. The van der Waals surface area contributed by atoms with Crippen LogP contribution in [0, 0.1) is 0 Å². The first kappa shape index (κ1) is 32.5. The molecule has 0 aliphatic carbocycles. The van der Waals surface area contributed by atoms with Crippen molar-refractivity contribution >= 4 is 15.2 Å². The van der Waals surface area contributed by atoms with Crippen molar-refractivity contribution in [3.8, 4) is 0 Å². The van der Waals surface area contributed by atoms with Crippen molar-refractivity contribution in [3.63, 3.8) is 0 Å². The maximum Gasteiger partial charge on any atom is 0.345 e. The molecule has 33 heavy (non-hydrogen) atoms. The minimum atomic E-state index is -3.68. The second kappa shape index (κ2) is 17.9. The van der Waals surface area contributed by atoms with E-state index >= 15 is 0 Å². The summed E-state index contributed by atoms with van der Waals surface area (Å²) in [7, 11) is -7.36. The highest BCUT2D eigenvalue weighted by Gasteiger charge is 2.50. The topological polar surface area (TPSA) is 71.1 Å². The second-order valence-electron chi connectivity index (χ2n) is 8.27. The van der Waals surface area contributed by atoms with E-state index in [9.17, 15) is 9.13 Å². The van der Waals surface area contributed by atoms with Crippen LogP contribution in [0.1, 0.15) is 93.9 Å². The fourth-order valence-electron chi connectivity index (χ4n) is 3.45. The molecule has 0 aliphatic heterocycles. The van der Waals surface area contributed by atoms with Gasteiger partial charge in [-0.05, 0) is 93.9 Å². The maximum atomic E-state index is 13.6. The number of rotatable bonds is 19. The van der Waals surface area contributed by atoms with Gasteiger partial charge in [0.15, 0.2) is 5.40 Å². The predicted octanol–water partition coefficient (Wildman–Crippen LogP) is 9.04. The van der Waals surface area contributed by atoms with Crippen molar-refractivity contribution in [1.29, 1.82) is 0 Å². The van der Waals surface area contributed by atoms with E-state index in [0.29, 0.717) is 12.8 Å². The van der Waals surface area contributed by atoms with Gasteiger partial charge in [-0.15, -0.1) is 0 Å². The van der Waals surface area contributed by atoms with Crippen LogP contribution in [0.2, 0.25) is 0 Å². The van der Waals surface area contributed by atoms with Gasteiger partial charge in [-0.1, -0.05) is 34.9 Å². The normalized spacial score (nSPS) is 13.6. The monoisotopic (exact) mass is 506 g/mol. The van der Waals surface area contributed by atoms with Gasteiger partial charge in [-0.3, -0.25) is 9.13 Å². The summed E-state index contributed by atoms with van der Waals surface area (Å²) in [4.78, 5) is 0. The van der Waals surface area contributed by atoms with E-state index in [-0.39, 0.29) is 26.4 Å². The molecule has 0 saturated heterocycles. The molecule has 8 heteroatoms. The van der Waals surface area contributed by atoms with E-state index in [0.717, 1.165) is 25.7 Å². The number of allylic oxidation sites excluding steroid dienone is 6. The van der Waals surface area contributed by atoms with Crippen LogP contribution >= 0.6 is 15.2 Å². The highest BCUT2D eigenvalue weighted by molar-refractivity contribution is 7.72. The Kier molecular flexibility index (Phi) is 17.6. The molecule has 0 aromatic rings. The van der Waals surface area contributed by atoms with E-state index in [4.69, 9.17) is 18.1 Å². The lowest BCUT2D eigenvalue weighted by Gasteiger charge is -2.31. The van der Waals surface area contributed by atoms with Crippen molar-refractivity contribution in [3.05, 3.63) is 34.9 Å². The van der Waals surface area contributed by atoms with Gasteiger partial charge >= 0.3 is 15.2 Å². The van der Waals surface area contributed by atoms with Crippen LogP contribution in [0.15, 0.2) is 34.9 Å². The zero-order valence-corrected chi connectivity index (χ0v) is 24.0. The summed E-state index contributed by atoms with van der Waals surface area (Å²) in [6.07, 6.45) is 11.7. The highest BCUT2D eigenvalue weighted by Crippen LogP contribution is 2.71. The molecule has 0 heterocycles. The summed E-state index contributed by atoms with van der Waals surface area (Å²) in [6, 6.07) is 0. The average Bonchev–Trinajstić information content (AvgIpc) is 2.71. The molecule has 0 aromatic heterocycles. The summed E-state index contributed by atoms with van der Waals surface area (Å²) in [6.45, 7) is 16.3.